The van der Waals surface area contributed by atoms with Crippen LogP contribution < -0.4 is 5.32 Å². The van der Waals surface area contributed by atoms with E-state index in [4.69, 9.17) is 0 Å². The van der Waals surface area contributed by atoms with E-state index < -0.39 is 9.84 Å². The second kappa shape index (κ2) is 5.30. The SMILES string of the molecule is CCCC(C)NC1CCCC1S(C)(=O)=O. The molecule has 1 aliphatic rings. The minimum absolute atomic E-state index is 0.156. The number of sulfone groups is 1. The lowest BCUT2D eigenvalue weighted by Crippen LogP contribution is -2.44. The summed E-state index contributed by atoms with van der Waals surface area (Å²) >= 11 is 0. The second-order valence-electron chi connectivity index (χ2n) is 4.76. The summed E-state index contributed by atoms with van der Waals surface area (Å²) in [5.74, 6) is 0. The maximum Gasteiger partial charge on any atom is 0.151 e. The maximum atomic E-state index is 11.5. The van der Waals surface area contributed by atoms with E-state index in [1.54, 1.807) is 0 Å². The normalized spacial score (nSPS) is 29.3. The third-order valence-corrected chi connectivity index (χ3v) is 4.89. The van der Waals surface area contributed by atoms with E-state index in [-0.39, 0.29) is 11.3 Å². The molecule has 0 aromatic rings. The first kappa shape index (κ1) is 13.0. The molecule has 3 nitrogen and oxygen atoms in total. The van der Waals surface area contributed by atoms with Crippen molar-refractivity contribution < 1.29 is 8.42 Å². The van der Waals surface area contributed by atoms with Gasteiger partial charge in [-0.15, -0.1) is 0 Å². The number of rotatable bonds is 5. The zero-order valence-corrected chi connectivity index (χ0v) is 10.8. The minimum atomic E-state index is -2.87. The Morgan fingerprint density at radius 3 is 2.60 bits per heavy atom. The van der Waals surface area contributed by atoms with Crippen LogP contribution in [0.1, 0.15) is 46.0 Å². The van der Waals surface area contributed by atoms with Crippen molar-refractivity contribution in [2.24, 2.45) is 0 Å². The molecular weight excluding hydrogens is 210 g/mol. The predicted octanol–water partition coefficient (Wildman–Crippen LogP) is 1.73. The predicted molar refractivity (Wildman–Crippen MR) is 63.8 cm³/mol. The van der Waals surface area contributed by atoms with Gasteiger partial charge in [-0.25, -0.2) is 8.42 Å². The summed E-state index contributed by atoms with van der Waals surface area (Å²) in [6.45, 7) is 4.29. The van der Waals surface area contributed by atoms with Gasteiger partial charge in [0.05, 0.1) is 5.25 Å². The topological polar surface area (TPSA) is 46.2 Å². The van der Waals surface area contributed by atoms with Gasteiger partial charge in [-0.1, -0.05) is 19.8 Å². The van der Waals surface area contributed by atoms with Crippen LogP contribution in [0.4, 0.5) is 0 Å². The number of nitrogens with one attached hydrogen (secondary N) is 1. The van der Waals surface area contributed by atoms with Crippen LogP contribution in [0, 0.1) is 0 Å². The smallest absolute Gasteiger partial charge is 0.151 e. The Labute approximate surface area is 93.6 Å². The lowest BCUT2D eigenvalue weighted by atomic mass is 10.1. The van der Waals surface area contributed by atoms with Gasteiger partial charge in [0, 0.05) is 18.3 Å². The van der Waals surface area contributed by atoms with Gasteiger partial charge in [-0.3, -0.25) is 0 Å². The highest BCUT2D eigenvalue weighted by molar-refractivity contribution is 7.91. The monoisotopic (exact) mass is 233 g/mol. The maximum absolute atomic E-state index is 11.5. The quantitative estimate of drug-likeness (QED) is 0.786. The zero-order valence-electron chi connectivity index (χ0n) is 9.99. The van der Waals surface area contributed by atoms with E-state index in [1.807, 2.05) is 0 Å². The lowest BCUT2D eigenvalue weighted by Gasteiger charge is -2.23. The highest BCUT2D eigenvalue weighted by Crippen LogP contribution is 2.25. The third-order valence-electron chi connectivity index (χ3n) is 3.22. The molecule has 15 heavy (non-hydrogen) atoms. The van der Waals surface area contributed by atoms with Gasteiger partial charge < -0.3 is 5.32 Å². The molecule has 1 fully saturated rings. The Morgan fingerprint density at radius 1 is 1.40 bits per heavy atom. The summed E-state index contributed by atoms with van der Waals surface area (Å²) in [6, 6.07) is 0.615. The van der Waals surface area contributed by atoms with Gasteiger partial charge in [0.1, 0.15) is 0 Å². The van der Waals surface area contributed by atoms with E-state index in [0.29, 0.717) is 6.04 Å². The van der Waals surface area contributed by atoms with Crippen LogP contribution in [0.3, 0.4) is 0 Å². The summed E-state index contributed by atoms with van der Waals surface area (Å²) in [5.41, 5.74) is 0. The standard InChI is InChI=1S/C11H23NO2S/c1-4-6-9(2)12-10-7-5-8-11(10)15(3,13)14/h9-12H,4-8H2,1-3H3. The van der Waals surface area contributed by atoms with Gasteiger partial charge >= 0.3 is 0 Å². The van der Waals surface area contributed by atoms with Crippen molar-refractivity contribution in [2.45, 2.75) is 63.3 Å². The van der Waals surface area contributed by atoms with Crippen molar-refractivity contribution in [3.63, 3.8) is 0 Å². The minimum Gasteiger partial charge on any atom is -0.310 e. The van der Waals surface area contributed by atoms with E-state index >= 15 is 0 Å². The highest BCUT2D eigenvalue weighted by atomic mass is 32.2. The van der Waals surface area contributed by atoms with Crippen LogP contribution in [0.15, 0.2) is 0 Å². The zero-order chi connectivity index (χ0) is 11.5. The highest BCUT2D eigenvalue weighted by Gasteiger charge is 2.34. The average Bonchev–Trinajstić information content (AvgIpc) is 2.51. The first-order valence-corrected chi connectivity index (χ1v) is 7.85. The molecule has 0 amide bonds. The van der Waals surface area contributed by atoms with E-state index in [9.17, 15) is 8.42 Å². The first-order valence-electron chi connectivity index (χ1n) is 5.90. The van der Waals surface area contributed by atoms with Crippen molar-refractivity contribution in [1.29, 1.82) is 0 Å². The molecule has 0 bridgehead atoms. The summed E-state index contributed by atoms with van der Waals surface area (Å²) in [5, 5.41) is 3.30. The number of hydrogen-bond acceptors (Lipinski definition) is 3. The summed E-state index contributed by atoms with van der Waals surface area (Å²) < 4.78 is 23.1. The summed E-state index contributed by atoms with van der Waals surface area (Å²) in [7, 11) is -2.87. The molecule has 1 saturated carbocycles. The van der Waals surface area contributed by atoms with Crippen molar-refractivity contribution in [2.75, 3.05) is 6.26 Å². The van der Waals surface area contributed by atoms with E-state index in [2.05, 4.69) is 19.2 Å². The van der Waals surface area contributed by atoms with Crippen molar-refractivity contribution in [1.82, 2.24) is 5.32 Å². The Bertz CT molecular complexity index is 287. The van der Waals surface area contributed by atoms with Crippen molar-refractivity contribution in [3.8, 4) is 0 Å². The Kier molecular flexibility index (Phi) is 4.59. The lowest BCUT2D eigenvalue weighted by molar-refractivity contribution is 0.426. The fourth-order valence-corrected chi connectivity index (χ4v) is 3.92. The molecule has 1 N–H and O–H groups in total. The van der Waals surface area contributed by atoms with E-state index in [1.165, 1.54) is 6.26 Å². The van der Waals surface area contributed by atoms with Gasteiger partial charge in [0.25, 0.3) is 0 Å². The fourth-order valence-electron chi connectivity index (χ4n) is 2.51. The van der Waals surface area contributed by atoms with Crippen molar-refractivity contribution >= 4 is 9.84 Å². The van der Waals surface area contributed by atoms with Crippen LogP contribution in [0.25, 0.3) is 0 Å². The molecule has 3 atom stereocenters. The molecule has 0 aromatic carbocycles. The Morgan fingerprint density at radius 2 is 2.07 bits per heavy atom. The molecule has 0 radical (unpaired) electrons. The van der Waals surface area contributed by atoms with Crippen LogP contribution in [0.5, 0.6) is 0 Å². The Balaban J connectivity index is 2.54. The molecule has 90 valence electrons. The van der Waals surface area contributed by atoms with Crippen LogP contribution >= 0.6 is 0 Å². The second-order valence-corrected chi connectivity index (χ2v) is 7.03. The molecule has 0 heterocycles. The molecule has 3 unspecified atom stereocenters. The fraction of sp³-hybridized carbons (Fsp3) is 1.00. The average molecular weight is 233 g/mol. The molecule has 0 aliphatic heterocycles. The molecule has 1 aliphatic carbocycles. The number of hydrogen-bond donors (Lipinski definition) is 1. The third kappa shape index (κ3) is 3.76. The largest absolute Gasteiger partial charge is 0.310 e. The molecular formula is C11H23NO2S. The molecule has 0 spiro atoms. The molecule has 0 aromatic heterocycles. The van der Waals surface area contributed by atoms with Crippen LogP contribution in [0.2, 0.25) is 0 Å². The van der Waals surface area contributed by atoms with Gasteiger partial charge in [-0.05, 0) is 26.2 Å². The van der Waals surface area contributed by atoms with Gasteiger partial charge in [0.2, 0.25) is 0 Å². The van der Waals surface area contributed by atoms with Crippen LogP contribution in [-0.4, -0.2) is 32.0 Å². The summed E-state index contributed by atoms with van der Waals surface area (Å²) in [4.78, 5) is 0. The molecule has 4 heteroatoms. The van der Waals surface area contributed by atoms with Gasteiger partial charge in [0.15, 0.2) is 9.84 Å². The Hall–Kier alpha value is -0.0900. The van der Waals surface area contributed by atoms with Gasteiger partial charge in [-0.2, -0.15) is 0 Å². The van der Waals surface area contributed by atoms with Crippen molar-refractivity contribution in [3.05, 3.63) is 0 Å². The first-order chi connectivity index (χ1) is 6.95. The summed E-state index contributed by atoms with van der Waals surface area (Å²) in [6.07, 6.45) is 6.49. The van der Waals surface area contributed by atoms with E-state index in [0.717, 1.165) is 32.1 Å². The molecule has 0 saturated heterocycles. The van der Waals surface area contributed by atoms with Crippen LogP contribution in [-0.2, 0) is 9.84 Å². The molecule has 1 rings (SSSR count).